The third-order valence-corrected chi connectivity index (χ3v) is 5.01. The molecule has 0 radical (unpaired) electrons. The zero-order valence-electron chi connectivity index (χ0n) is 16.7. The van der Waals surface area contributed by atoms with E-state index in [0.29, 0.717) is 24.1 Å². The highest BCUT2D eigenvalue weighted by Crippen LogP contribution is 2.23. The molecule has 1 aromatic carbocycles. The van der Waals surface area contributed by atoms with Gasteiger partial charge in [0.05, 0.1) is 18.2 Å². The third kappa shape index (κ3) is 5.18. The van der Waals surface area contributed by atoms with Crippen molar-refractivity contribution in [2.75, 3.05) is 13.7 Å². The molecule has 1 aromatic rings. The topological polar surface area (TPSA) is 92.8 Å². The minimum atomic E-state index is -0.653. The fraction of sp³-hybridized carbons (Fsp3) is 0.524. The molecule has 1 aliphatic heterocycles. The van der Waals surface area contributed by atoms with Crippen LogP contribution in [0.1, 0.15) is 66.7 Å². The van der Waals surface area contributed by atoms with E-state index in [1.165, 1.54) is 12.0 Å². The molecule has 0 aromatic heterocycles. The summed E-state index contributed by atoms with van der Waals surface area (Å²) in [4.78, 5) is 49.3. The van der Waals surface area contributed by atoms with Gasteiger partial charge >= 0.3 is 5.97 Å². The van der Waals surface area contributed by atoms with E-state index in [2.05, 4.69) is 10.1 Å². The van der Waals surface area contributed by atoms with Gasteiger partial charge in [0, 0.05) is 12.5 Å². The Balaban J connectivity index is 1.63. The van der Waals surface area contributed by atoms with Crippen molar-refractivity contribution in [3.8, 4) is 0 Å². The van der Waals surface area contributed by atoms with Crippen LogP contribution in [0.25, 0.3) is 0 Å². The standard InChI is InChI=1S/C21H28N2O5/c1-14(18(24)22-15(2)21(27)28-3)10-6-4-5-9-13-23-19(25)16-11-7-8-12-17(16)20(23)26/h7-8,11-12,14-15H,4-6,9-10,13H2,1-3H3,(H,22,24)/t14-,15+/m1/s1. The monoisotopic (exact) mass is 388 g/mol. The number of carbonyl (C=O) groups is 4. The molecule has 0 saturated carbocycles. The molecule has 7 heteroatoms. The molecule has 3 amide bonds. The second kappa shape index (κ2) is 10.0. The highest BCUT2D eigenvalue weighted by molar-refractivity contribution is 6.21. The van der Waals surface area contributed by atoms with Crippen LogP contribution < -0.4 is 5.32 Å². The van der Waals surface area contributed by atoms with Gasteiger partial charge in [-0.15, -0.1) is 0 Å². The number of rotatable bonds is 10. The van der Waals surface area contributed by atoms with Crippen molar-refractivity contribution in [1.29, 1.82) is 0 Å². The van der Waals surface area contributed by atoms with Gasteiger partial charge in [0.15, 0.2) is 0 Å². The van der Waals surface area contributed by atoms with Crippen LogP contribution >= 0.6 is 0 Å². The quantitative estimate of drug-likeness (QED) is 0.378. The molecule has 1 aliphatic rings. The third-order valence-electron chi connectivity index (χ3n) is 5.01. The van der Waals surface area contributed by atoms with Gasteiger partial charge in [-0.25, -0.2) is 4.79 Å². The lowest BCUT2D eigenvalue weighted by atomic mass is 10.0. The molecule has 0 spiro atoms. The smallest absolute Gasteiger partial charge is 0.328 e. The van der Waals surface area contributed by atoms with Crippen LogP contribution in [-0.2, 0) is 14.3 Å². The summed E-state index contributed by atoms with van der Waals surface area (Å²) in [6.07, 6.45) is 4.11. The molecule has 1 N–H and O–H groups in total. The number of nitrogens with zero attached hydrogens (tertiary/aromatic N) is 1. The van der Waals surface area contributed by atoms with Gasteiger partial charge < -0.3 is 10.1 Å². The van der Waals surface area contributed by atoms with Crippen molar-refractivity contribution >= 4 is 23.7 Å². The molecule has 2 atom stereocenters. The number of carbonyl (C=O) groups excluding carboxylic acids is 4. The fourth-order valence-electron chi connectivity index (χ4n) is 3.24. The minimum Gasteiger partial charge on any atom is -0.467 e. The number of ether oxygens (including phenoxy) is 1. The van der Waals surface area contributed by atoms with Crippen LogP contribution in [0.4, 0.5) is 0 Å². The van der Waals surface area contributed by atoms with E-state index in [9.17, 15) is 19.2 Å². The van der Waals surface area contributed by atoms with Crippen molar-refractivity contribution in [1.82, 2.24) is 10.2 Å². The number of nitrogens with one attached hydrogen (secondary N) is 1. The van der Waals surface area contributed by atoms with Crippen molar-refractivity contribution in [3.05, 3.63) is 35.4 Å². The number of hydrogen-bond acceptors (Lipinski definition) is 5. The maximum atomic E-state index is 12.3. The molecule has 0 saturated heterocycles. The molecule has 7 nitrogen and oxygen atoms in total. The molecular weight excluding hydrogens is 360 g/mol. The number of hydrogen-bond donors (Lipinski definition) is 1. The Morgan fingerprint density at radius 1 is 1.00 bits per heavy atom. The average molecular weight is 388 g/mol. The zero-order chi connectivity index (χ0) is 20.7. The van der Waals surface area contributed by atoms with Crippen LogP contribution in [0.5, 0.6) is 0 Å². The predicted octanol–water partition coefficient (Wildman–Crippen LogP) is 2.55. The summed E-state index contributed by atoms with van der Waals surface area (Å²) >= 11 is 0. The van der Waals surface area contributed by atoms with Gasteiger partial charge in [-0.3, -0.25) is 19.3 Å². The zero-order valence-corrected chi connectivity index (χ0v) is 16.7. The first-order valence-corrected chi connectivity index (χ1v) is 9.70. The summed E-state index contributed by atoms with van der Waals surface area (Å²) in [5, 5.41) is 2.64. The first-order valence-electron chi connectivity index (χ1n) is 9.70. The normalized spacial score (nSPS) is 15.2. The summed E-state index contributed by atoms with van der Waals surface area (Å²) in [7, 11) is 1.29. The van der Waals surface area contributed by atoms with E-state index >= 15 is 0 Å². The Kier molecular flexibility index (Phi) is 7.72. The highest BCUT2D eigenvalue weighted by atomic mass is 16.5. The number of imide groups is 1. The first-order chi connectivity index (χ1) is 13.4. The van der Waals surface area contributed by atoms with E-state index in [0.717, 1.165) is 25.7 Å². The summed E-state index contributed by atoms with van der Waals surface area (Å²) in [5.74, 6) is -1.25. The van der Waals surface area contributed by atoms with Gasteiger partial charge in [-0.2, -0.15) is 0 Å². The SMILES string of the molecule is COC(=O)[C@H](C)NC(=O)[C@H](C)CCCCCCN1C(=O)c2ccccc2C1=O. The number of unbranched alkanes of at least 4 members (excludes halogenated alkanes) is 3. The van der Waals surface area contributed by atoms with Gasteiger partial charge in [0.2, 0.25) is 5.91 Å². The highest BCUT2D eigenvalue weighted by Gasteiger charge is 2.34. The lowest BCUT2D eigenvalue weighted by molar-refractivity contribution is -0.145. The van der Waals surface area contributed by atoms with Crippen molar-refractivity contribution in [3.63, 3.8) is 0 Å². The van der Waals surface area contributed by atoms with Gasteiger partial charge in [0.1, 0.15) is 6.04 Å². The van der Waals surface area contributed by atoms with E-state index < -0.39 is 12.0 Å². The Labute approximate surface area is 165 Å². The van der Waals surface area contributed by atoms with Gasteiger partial charge in [-0.1, -0.05) is 38.3 Å². The van der Waals surface area contributed by atoms with Crippen LogP contribution in [0, 0.1) is 5.92 Å². The molecule has 0 unspecified atom stereocenters. The molecule has 1 heterocycles. The summed E-state index contributed by atoms with van der Waals surface area (Å²) in [6, 6.07) is 6.24. The summed E-state index contributed by atoms with van der Waals surface area (Å²) in [5.41, 5.74) is 0.960. The molecule has 0 bridgehead atoms. The van der Waals surface area contributed by atoms with E-state index in [-0.39, 0.29) is 23.6 Å². The molecule has 2 rings (SSSR count). The first kappa shape index (κ1) is 21.6. The van der Waals surface area contributed by atoms with E-state index in [1.54, 1.807) is 31.2 Å². The van der Waals surface area contributed by atoms with Crippen LogP contribution in [0.3, 0.4) is 0 Å². The number of esters is 1. The number of benzene rings is 1. The second-order valence-electron chi connectivity index (χ2n) is 7.16. The van der Waals surface area contributed by atoms with Gasteiger partial charge in [0.25, 0.3) is 11.8 Å². The largest absolute Gasteiger partial charge is 0.467 e. The molecular formula is C21H28N2O5. The molecule has 0 aliphatic carbocycles. The van der Waals surface area contributed by atoms with Crippen LogP contribution in [-0.4, -0.2) is 48.3 Å². The Hall–Kier alpha value is -2.70. The Bertz CT molecular complexity index is 711. The average Bonchev–Trinajstić information content (AvgIpc) is 2.94. The predicted molar refractivity (Wildman–Crippen MR) is 104 cm³/mol. The maximum absolute atomic E-state index is 12.3. The molecule has 28 heavy (non-hydrogen) atoms. The van der Waals surface area contributed by atoms with E-state index in [1.807, 2.05) is 6.92 Å². The molecule has 0 fully saturated rings. The lowest BCUT2D eigenvalue weighted by Gasteiger charge is -2.16. The Morgan fingerprint density at radius 3 is 2.14 bits per heavy atom. The van der Waals surface area contributed by atoms with Crippen LogP contribution in [0.2, 0.25) is 0 Å². The molecule has 152 valence electrons. The van der Waals surface area contributed by atoms with E-state index in [4.69, 9.17) is 0 Å². The van der Waals surface area contributed by atoms with Crippen LogP contribution in [0.15, 0.2) is 24.3 Å². The fourth-order valence-corrected chi connectivity index (χ4v) is 3.24. The van der Waals surface area contributed by atoms with Crippen molar-refractivity contribution in [2.24, 2.45) is 5.92 Å². The van der Waals surface area contributed by atoms with Gasteiger partial charge in [-0.05, 0) is 31.9 Å². The minimum absolute atomic E-state index is 0.163. The second-order valence-corrected chi connectivity index (χ2v) is 7.16. The Morgan fingerprint density at radius 2 is 1.57 bits per heavy atom. The summed E-state index contributed by atoms with van der Waals surface area (Å²) in [6.45, 7) is 3.84. The lowest BCUT2D eigenvalue weighted by Crippen LogP contribution is -2.41. The number of fused-ring (bicyclic) bond motifs is 1. The maximum Gasteiger partial charge on any atom is 0.328 e. The summed E-state index contributed by atoms with van der Waals surface area (Å²) < 4.78 is 4.59. The number of methoxy groups -OCH3 is 1. The van der Waals surface area contributed by atoms with Crippen molar-refractivity contribution < 1.29 is 23.9 Å². The van der Waals surface area contributed by atoms with Crippen molar-refractivity contribution in [2.45, 2.75) is 52.0 Å². The number of amides is 3.